The Kier molecular flexibility index (Phi) is 8.37. The van der Waals surface area contributed by atoms with Gasteiger partial charge in [-0.1, -0.05) is 30.3 Å². The molecule has 11 heteroatoms. The zero-order valence-electron chi connectivity index (χ0n) is 24.7. The molecule has 0 unspecified atom stereocenters. The number of anilines is 2. The van der Waals surface area contributed by atoms with Crippen molar-refractivity contribution < 1.29 is 9.53 Å². The number of benzene rings is 1. The molecule has 2 atom stereocenters. The van der Waals surface area contributed by atoms with Gasteiger partial charge >= 0.3 is 6.01 Å². The molecule has 1 aliphatic carbocycles. The van der Waals surface area contributed by atoms with Crippen LogP contribution in [0, 0.1) is 11.3 Å². The van der Waals surface area contributed by atoms with Gasteiger partial charge in [0.2, 0.25) is 5.91 Å². The first-order valence-corrected chi connectivity index (χ1v) is 15.3. The number of amides is 1. The number of pyridine rings is 1. The number of nitrogens with zero attached hydrogens (tertiary/aromatic N) is 8. The highest BCUT2D eigenvalue weighted by molar-refractivity contribution is 6.36. The minimum Gasteiger partial charge on any atom is -0.462 e. The van der Waals surface area contributed by atoms with E-state index < -0.39 is 0 Å². The van der Waals surface area contributed by atoms with Gasteiger partial charge in [-0.2, -0.15) is 15.2 Å². The third-order valence-corrected chi connectivity index (χ3v) is 9.23. The van der Waals surface area contributed by atoms with Crippen molar-refractivity contribution in [3.63, 3.8) is 0 Å². The maximum atomic E-state index is 12.5. The molecule has 0 N–H and O–H groups in total. The first-order valence-electron chi connectivity index (χ1n) is 14.9. The zero-order chi connectivity index (χ0) is 30.1. The van der Waals surface area contributed by atoms with Gasteiger partial charge in [0.15, 0.2) is 0 Å². The molecule has 3 aliphatic rings. The highest BCUT2D eigenvalue weighted by Gasteiger charge is 2.34. The van der Waals surface area contributed by atoms with Gasteiger partial charge in [0.05, 0.1) is 47.7 Å². The number of nitriles is 1. The predicted octanol–water partition coefficient (Wildman–Crippen LogP) is 4.22. The number of rotatable bonds is 9. The molecule has 2 fully saturated rings. The molecule has 1 saturated heterocycles. The molecule has 0 radical (unpaired) electrons. The lowest BCUT2D eigenvalue weighted by atomic mass is 10.0. The summed E-state index contributed by atoms with van der Waals surface area (Å²) in [7, 11) is 2.14. The molecule has 43 heavy (non-hydrogen) atoms. The molecule has 3 aromatic rings. The maximum absolute atomic E-state index is 12.5. The molecule has 4 heterocycles. The average Bonchev–Trinajstić information content (AvgIpc) is 3.88. The van der Waals surface area contributed by atoms with Crippen LogP contribution < -0.4 is 14.5 Å². The number of carbonyl (C=O) groups is 1. The van der Waals surface area contributed by atoms with E-state index in [9.17, 15) is 10.1 Å². The zero-order valence-corrected chi connectivity index (χ0v) is 25.5. The highest BCUT2D eigenvalue weighted by Crippen LogP contribution is 2.37. The van der Waals surface area contributed by atoms with Gasteiger partial charge < -0.3 is 19.4 Å². The molecule has 10 nitrogen and oxygen atoms in total. The predicted molar refractivity (Wildman–Crippen MR) is 167 cm³/mol. The number of hydrogen-bond acceptors (Lipinski definition) is 9. The monoisotopic (exact) mass is 600 g/mol. The number of hydrogen-bond donors (Lipinski definition) is 0. The van der Waals surface area contributed by atoms with Gasteiger partial charge in [-0.15, -0.1) is 0 Å². The molecule has 1 aromatic carbocycles. The van der Waals surface area contributed by atoms with Crippen LogP contribution in [0.2, 0.25) is 5.02 Å². The molecule has 224 valence electrons. The van der Waals surface area contributed by atoms with E-state index >= 15 is 0 Å². The van der Waals surface area contributed by atoms with Crippen molar-refractivity contribution in [1.29, 1.82) is 5.26 Å². The molecule has 2 aliphatic heterocycles. The number of ether oxygens (including phenoxy) is 1. The summed E-state index contributed by atoms with van der Waals surface area (Å²) in [6, 6.07) is 9.07. The Balaban J connectivity index is 1.33. The fraction of sp³-hybridized carbons (Fsp3) is 0.469. The Hall–Kier alpha value is -3.94. The van der Waals surface area contributed by atoms with Crippen LogP contribution in [0.15, 0.2) is 43.2 Å². The van der Waals surface area contributed by atoms with Crippen molar-refractivity contribution in [3.8, 4) is 12.1 Å². The Morgan fingerprint density at radius 3 is 2.86 bits per heavy atom. The van der Waals surface area contributed by atoms with Gasteiger partial charge in [0.25, 0.3) is 0 Å². The van der Waals surface area contributed by atoms with Crippen molar-refractivity contribution >= 4 is 39.8 Å². The Morgan fingerprint density at radius 1 is 1.26 bits per heavy atom. The van der Waals surface area contributed by atoms with Crippen molar-refractivity contribution in [1.82, 2.24) is 24.8 Å². The highest BCUT2D eigenvalue weighted by atomic mass is 35.5. The van der Waals surface area contributed by atoms with Crippen LogP contribution in [0.4, 0.5) is 11.5 Å². The van der Waals surface area contributed by atoms with Crippen LogP contribution in [-0.2, 0) is 17.8 Å². The first kappa shape index (κ1) is 29.1. The van der Waals surface area contributed by atoms with E-state index in [0.717, 1.165) is 46.5 Å². The fourth-order valence-electron chi connectivity index (χ4n) is 6.22. The van der Waals surface area contributed by atoms with Crippen molar-refractivity contribution in [2.75, 3.05) is 49.6 Å². The average molecular weight is 601 g/mol. The third kappa shape index (κ3) is 5.97. The summed E-state index contributed by atoms with van der Waals surface area (Å²) in [6.45, 7) is 9.19. The first-order chi connectivity index (χ1) is 20.9. The number of likely N-dealkylation sites (N-methyl/N-ethyl adjacent to an activating group) is 1. The van der Waals surface area contributed by atoms with Gasteiger partial charge in [-0.3, -0.25) is 14.7 Å². The quantitative estimate of drug-likeness (QED) is 0.334. The van der Waals surface area contributed by atoms with Crippen molar-refractivity contribution in [2.24, 2.45) is 0 Å². The lowest BCUT2D eigenvalue weighted by molar-refractivity contribution is -0.128. The summed E-state index contributed by atoms with van der Waals surface area (Å²) in [5.74, 6) is 0.672. The molecule has 0 bridgehead atoms. The van der Waals surface area contributed by atoms with Crippen LogP contribution in [0.5, 0.6) is 6.01 Å². The number of carbonyl (C=O) groups excluding carboxylic acids is 1. The van der Waals surface area contributed by atoms with Crippen LogP contribution in [-0.4, -0.2) is 88.6 Å². The fourth-order valence-corrected chi connectivity index (χ4v) is 6.50. The SMILES string of the molecule is C=CC(=O)N1CCN(c2nc(OC[C@H](C)N(C)C3CC3)nc3c2CCN(c2cncc4cccc(Cl)c24)C3)C[C@@H]1CC#N. The smallest absolute Gasteiger partial charge is 0.318 e. The van der Waals surface area contributed by atoms with E-state index in [2.05, 4.69) is 46.3 Å². The Morgan fingerprint density at radius 2 is 2.09 bits per heavy atom. The topological polar surface area (TPSA) is 102 Å². The lowest BCUT2D eigenvalue weighted by Crippen LogP contribution is -2.55. The molecule has 1 amide bonds. The van der Waals surface area contributed by atoms with Gasteiger partial charge in [0.1, 0.15) is 12.4 Å². The summed E-state index contributed by atoms with van der Waals surface area (Å²) in [5.41, 5.74) is 2.95. The normalized spacial score (nSPS) is 19.2. The van der Waals surface area contributed by atoms with Crippen molar-refractivity contribution in [3.05, 3.63) is 59.5 Å². The number of aromatic nitrogens is 3. The summed E-state index contributed by atoms with van der Waals surface area (Å²) in [6.07, 6.45) is 8.45. The standard InChI is InChI=1S/C32H37ClN8O2/c1-4-29(42)41-15-14-40(18-24(41)10-12-34)31-25-11-13-39(28-17-35-16-22-6-5-7-26(33)30(22)28)19-27(25)36-32(37-31)43-20-21(2)38(3)23-8-9-23/h4-7,16-17,21,23-24H,1,8-11,13-15,18-20H2,2-3H3/t21-,24-/m0/s1. The summed E-state index contributed by atoms with van der Waals surface area (Å²) < 4.78 is 6.27. The van der Waals surface area contributed by atoms with E-state index in [0.29, 0.717) is 49.9 Å². The Labute approximate surface area is 257 Å². The third-order valence-electron chi connectivity index (χ3n) is 8.91. The van der Waals surface area contributed by atoms with Gasteiger partial charge in [-0.25, -0.2) is 0 Å². The number of piperazine rings is 1. The minimum atomic E-state index is -0.254. The van der Waals surface area contributed by atoms with Gasteiger partial charge in [-0.05, 0) is 45.4 Å². The summed E-state index contributed by atoms with van der Waals surface area (Å²) >= 11 is 6.67. The second-order valence-electron chi connectivity index (χ2n) is 11.7. The van der Waals surface area contributed by atoms with E-state index in [-0.39, 0.29) is 24.4 Å². The summed E-state index contributed by atoms with van der Waals surface area (Å²) in [5, 5.41) is 12.2. The van der Waals surface area contributed by atoms with Gasteiger partial charge in [0, 0.05) is 60.8 Å². The molecular formula is C32H37ClN8O2. The molecule has 6 rings (SSSR count). The second kappa shape index (κ2) is 12.3. The van der Waals surface area contributed by atoms with Crippen molar-refractivity contribution in [2.45, 2.75) is 57.3 Å². The maximum Gasteiger partial charge on any atom is 0.318 e. The molecule has 1 saturated carbocycles. The number of fused-ring (bicyclic) bond motifs is 2. The molecule has 2 aromatic heterocycles. The number of halogens is 1. The lowest BCUT2D eigenvalue weighted by Gasteiger charge is -2.42. The molecule has 0 spiro atoms. The van der Waals surface area contributed by atoms with E-state index in [1.54, 1.807) is 4.90 Å². The van der Waals surface area contributed by atoms with Crippen LogP contribution in [0.1, 0.15) is 37.4 Å². The van der Waals surface area contributed by atoms with E-state index in [1.165, 1.54) is 18.9 Å². The van der Waals surface area contributed by atoms with Crippen LogP contribution in [0.25, 0.3) is 10.8 Å². The molecular weight excluding hydrogens is 564 g/mol. The van der Waals surface area contributed by atoms with E-state index in [4.69, 9.17) is 26.3 Å². The van der Waals surface area contributed by atoms with Crippen LogP contribution >= 0.6 is 11.6 Å². The largest absolute Gasteiger partial charge is 0.462 e. The minimum absolute atomic E-state index is 0.152. The van der Waals surface area contributed by atoms with Crippen LogP contribution in [0.3, 0.4) is 0 Å². The Bertz CT molecular complexity index is 1570. The van der Waals surface area contributed by atoms with E-state index in [1.807, 2.05) is 30.6 Å². The summed E-state index contributed by atoms with van der Waals surface area (Å²) in [4.78, 5) is 35.5. The second-order valence-corrected chi connectivity index (χ2v) is 12.1.